The number of thioether (sulfide) groups is 1. The first kappa shape index (κ1) is 16.2. The van der Waals surface area contributed by atoms with Gasteiger partial charge in [-0.1, -0.05) is 47.4 Å². The summed E-state index contributed by atoms with van der Waals surface area (Å²) < 4.78 is 14.4. The molecular weight excluding hydrogens is 377 g/mol. The number of fused-ring (bicyclic) bond motifs is 1. The molecule has 0 aliphatic carbocycles. The Kier molecular flexibility index (Phi) is 4.24. The SMILES string of the molecule is O=C1C(=Cc2ccc(F)cc2)SC(=S)N1Nc1nc2ccccc2s1. The van der Waals surface area contributed by atoms with Crippen molar-refractivity contribution in [2.24, 2.45) is 0 Å². The van der Waals surface area contributed by atoms with Crippen molar-refractivity contribution < 1.29 is 9.18 Å². The number of benzene rings is 2. The fraction of sp³-hybridized carbons (Fsp3) is 0. The van der Waals surface area contributed by atoms with E-state index in [2.05, 4.69) is 10.4 Å². The van der Waals surface area contributed by atoms with Crippen molar-refractivity contribution in [3.8, 4) is 0 Å². The van der Waals surface area contributed by atoms with E-state index < -0.39 is 0 Å². The van der Waals surface area contributed by atoms with Gasteiger partial charge >= 0.3 is 0 Å². The lowest BCUT2D eigenvalue weighted by atomic mass is 10.2. The topological polar surface area (TPSA) is 45.2 Å². The lowest BCUT2D eigenvalue weighted by Gasteiger charge is -2.14. The zero-order valence-corrected chi connectivity index (χ0v) is 15.1. The Bertz CT molecular complexity index is 980. The summed E-state index contributed by atoms with van der Waals surface area (Å²) in [7, 11) is 0. The van der Waals surface area contributed by atoms with Crippen LogP contribution >= 0.6 is 35.3 Å². The van der Waals surface area contributed by atoms with Crippen LogP contribution < -0.4 is 5.43 Å². The first-order chi connectivity index (χ1) is 12.1. The number of para-hydroxylation sites is 1. The molecule has 8 heteroatoms. The van der Waals surface area contributed by atoms with Gasteiger partial charge in [0.15, 0.2) is 4.32 Å². The molecule has 124 valence electrons. The van der Waals surface area contributed by atoms with Gasteiger partial charge in [-0.3, -0.25) is 10.2 Å². The molecule has 1 fully saturated rings. The fourth-order valence-corrected chi connectivity index (χ4v) is 4.32. The standard InChI is InChI=1S/C17H10FN3OS3/c18-11-7-5-10(6-8-11)9-14-15(22)21(17(23)25-14)20-16-19-12-3-1-2-4-13(12)24-16/h1-9H,(H,19,20). The molecule has 2 aromatic carbocycles. The van der Waals surface area contributed by atoms with Crippen molar-refractivity contribution in [1.29, 1.82) is 0 Å². The van der Waals surface area contributed by atoms with E-state index in [1.165, 1.54) is 40.2 Å². The molecular formula is C17H10FN3OS3. The van der Waals surface area contributed by atoms with Crippen LogP contribution in [0, 0.1) is 5.82 Å². The highest BCUT2D eigenvalue weighted by atomic mass is 32.2. The summed E-state index contributed by atoms with van der Waals surface area (Å²) >= 11 is 7.94. The van der Waals surface area contributed by atoms with E-state index in [0.717, 1.165) is 15.8 Å². The molecule has 1 saturated heterocycles. The molecule has 0 unspecified atom stereocenters. The third-order valence-corrected chi connectivity index (χ3v) is 5.71. The second-order valence-corrected chi connectivity index (χ2v) is 7.87. The van der Waals surface area contributed by atoms with E-state index in [0.29, 0.717) is 14.4 Å². The van der Waals surface area contributed by atoms with Crippen LogP contribution in [-0.4, -0.2) is 20.2 Å². The summed E-state index contributed by atoms with van der Waals surface area (Å²) in [5, 5.41) is 1.91. The number of nitrogens with one attached hydrogen (secondary N) is 1. The van der Waals surface area contributed by atoms with Crippen LogP contribution in [-0.2, 0) is 4.79 Å². The Balaban J connectivity index is 1.57. The summed E-state index contributed by atoms with van der Waals surface area (Å²) in [4.78, 5) is 17.5. The van der Waals surface area contributed by atoms with Gasteiger partial charge in [0.05, 0.1) is 15.1 Å². The van der Waals surface area contributed by atoms with Crippen molar-refractivity contribution in [3.63, 3.8) is 0 Å². The van der Waals surface area contributed by atoms with Gasteiger partial charge in [-0.2, -0.15) is 5.01 Å². The molecule has 2 heterocycles. The van der Waals surface area contributed by atoms with Gasteiger partial charge in [0, 0.05) is 0 Å². The smallest absolute Gasteiger partial charge is 0.266 e. The van der Waals surface area contributed by atoms with E-state index in [9.17, 15) is 9.18 Å². The first-order valence-corrected chi connectivity index (χ1v) is 9.30. The Morgan fingerprint density at radius 3 is 2.68 bits per heavy atom. The second kappa shape index (κ2) is 6.55. The number of anilines is 1. The highest BCUT2D eigenvalue weighted by Gasteiger charge is 2.33. The Morgan fingerprint density at radius 2 is 1.92 bits per heavy atom. The summed E-state index contributed by atoms with van der Waals surface area (Å²) in [6.45, 7) is 0. The number of amides is 1. The number of nitrogens with zero attached hydrogens (tertiary/aromatic N) is 2. The highest BCUT2D eigenvalue weighted by Crippen LogP contribution is 2.34. The van der Waals surface area contributed by atoms with Gasteiger partial charge in [-0.05, 0) is 48.1 Å². The third kappa shape index (κ3) is 3.28. The van der Waals surface area contributed by atoms with E-state index in [1.54, 1.807) is 18.2 Å². The van der Waals surface area contributed by atoms with Crippen molar-refractivity contribution in [2.45, 2.75) is 0 Å². The predicted octanol–water partition coefficient (Wildman–Crippen LogP) is 4.66. The number of rotatable bonds is 3. The van der Waals surface area contributed by atoms with Gasteiger partial charge in [0.25, 0.3) is 5.91 Å². The summed E-state index contributed by atoms with van der Waals surface area (Å²) in [6, 6.07) is 13.7. The second-order valence-electron chi connectivity index (χ2n) is 5.17. The fourth-order valence-electron chi connectivity index (χ4n) is 2.29. The molecule has 1 aliphatic heterocycles. The molecule has 3 aromatic rings. The Labute approximate surface area is 156 Å². The minimum absolute atomic E-state index is 0.251. The van der Waals surface area contributed by atoms with Gasteiger partial charge in [-0.15, -0.1) is 0 Å². The molecule has 0 atom stereocenters. The molecule has 0 spiro atoms. The van der Waals surface area contributed by atoms with Crippen LogP contribution in [0.5, 0.6) is 0 Å². The Morgan fingerprint density at radius 1 is 1.16 bits per heavy atom. The molecule has 4 rings (SSSR count). The monoisotopic (exact) mass is 387 g/mol. The normalized spacial score (nSPS) is 16.2. The van der Waals surface area contributed by atoms with Crippen LogP contribution in [0.2, 0.25) is 0 Å². The number of aromatic nitrogens is 1. The minimum Gasteiger partial charge on any atom is -0.266 e. The van der Waals surface area contributed by atoms with Crippen molar-refractivity contribution >= 4 is 67.0 Å². The minimum atomic E-state index is -0.317. The lowest BCUT2D eigenvalue weighted by Crippen LogP contribution is -2.33. The van der Waals surface area contributed by atoms with Crippen LogP contribution in [0.1, 0.15) is 5.56 Å². The van der Waals surface area contributed by atoms with E-state index in [4.69, 9.17) is 12.2 Å². The highest BCUT2D eigenvalue weighted by molar-refractivity contribution is 8.26. The molecule has 1 aromatic heterocycles. The zero-order valence-electron chi connectivity index (χ0n) is 12.6. The molecule has 25 heavy (non-hydrogen) atoms. The summed E-state index contributed by atoms with van der Waals surface area (Å²) in [5.41, 5.74) is 4.58. The van der Waals surface area contributed by atoms with E-state index in [1.807, 2.05) is 24.3 Å². The van der Waals surface area contributed by atoms with E-state index >= 15 is 0 Å². The Hall–Kier alpha value is -2.29. The number of thiocarbonyl (C=S) groups is 1. The van der Waals surface area contributed by atoms with Crippen molar-refractivity contribution in [1.82, 2.24) is 9.99 Å². The van der Waals surface area contributed by atoms with Crippen LogP contribution in [0.3, 0.4) is 0 Å². The maximum absolute atomic E-state index is 13.0. The van der Waals surface area contributed by atoms with Gasteiger partial charge in [0.1, 0.15) is 5.82 Å². The van der Waals surface area contributed by atoms with Gasteiger partial charge in [0.2, 0.25) is 5.13 Å². The lowest BCUT2D eigenvalue weighted by molar-refractivity contribution is -0.121. The summed E-state index contributed by atoms with van der Waals surface area (Å²) in [5.74, 6) is -0.569. The zero-order chi connectivity index (χ0) is 17.4. The number of carbonyl (C=O) groups is 1. The number of hydrazine groups is 1. The van der Waals surface area contributed by atoms with Crippen LogP contribution in [0.25, 0.3) is 16.3 Å². The molecule has 0 saturated carbocycles. The quantitative estimate of drug-likeness (QED) is 0.523. The van der Waals surface area contributed by atoms with E-state index in [-0.39, 0.29) is 11.7 Å². The number of hydrogen-bond acceptors (Lipinski definition) is 6. The molecule has 0 bridgehead atoms. The average molecular weight is 387 g/mol. The summed E-state index contributed by atoms with van der Waals surface area (Å²) in [6.07, 6.45) is 1.69. The predicted molar refractivity (Wildman–Crippen MR) is 105 cm³/mol. The number of halogens is 1. The van der Waals surface area contributed by atoms with Crippen LogP contribution in [0.15, 0.2) is 53.4 Å². The van der Waals surface area contributed by atoms with Gasteiger partial charge < -0.3 is 0 Å². The third-order valence-electron chi connectivity index (χ3n) is 3.46. The number of hydrogen-bond donors (Lipinski definition) is 1. The maximum Gasteiger partial charge on any atom is 0.285 e. The van der Waals surface area contributed by atoms with Gasteiger partial charge in [-0.25, -0.2) is 9.37 Å². The first-order valence-electron chi connectivity index (χ1n) is 7.26. The number of thiazole rings is 1. The average Bonchev–Trinajstić information content (AvgIpc) is 3.13. The van der Waals surface area contributed by atoms with Crippen molar-refractivity contribution in [2.75, 3.05) is 5.43 Å². The molecule has 1 N–H and O–H groups in total. The molecule has 1 amide bonds. The number of carbonyl (C=O) groups excluding carboxylic acids is 1. The molecule has 4 nitrogen and oxygen atoms in total. The molecule has 0 radical (unpaired) electrons. The largest absolute Gasteiger partial charge is 0.285 e. The maximum atomic E-state index is 13.0. The van der Waals surface area contributed by atoms with Crippen LogP contribution in [0.4, 0.5) is 9.52 Å². The van der Waals surface area contributed by atoms with Crippen molar-refractivity contribution in [3.05, 3.63) is 64.8 Å². The molecule has 1 aliphatic rings.